The third kappa shape index (κ3) is 3.82. The molecule has 150 valence electrons. The number of carbonyl (C=O) groups excluding carboxylic acids is 9. The third-order valence-corrected chi connectivity index (χ3v) is 3.78. The van der Waals surface area contributed by atoms with Crippen LogP contribution in [0.15, 0.2) is 46.6 Å². The summed E-state index contributed by atoms with van der Waals surface area (Å²) in [7, 11) is 0. The van der Waals surface area contributed by atoms with Crippen LogP contribution in [0.3, 0.4) is 0 Å². The van der Waals surface area contributed by atoms with Crippen molar-refractivity contribution in [2.75, 3.05) is 0 Å². The minimum absolute atomic E-state index is 0.464. The van der Waals surface area contributed by atoms with Gasteiger partial charge in [0.1, 0.15) is 16.7 Å². The van der Waals surface area contributed by atoms with Gasteiger partial charge in [0.2, 0.25) is 0 Å². The molecule has 0 N–H and O–H groups in total. The number of carbonyl (C=O) groups is 9. The fourth-order valence-corrected chi connectivity index (χ4v) is 2.46. The van der Waals surface area contributed by atoms with Gasteiger partial charge in [0, 0.05) is 30.2 Å². The summed E-state index contributed by atoms with van der Waals surface area (Å²) >= 11 is 0. The second-order valence-electron chi connectivity index (χ2n) is 5.76. The first kappa shape index (κ1) is 20.1. The van der Waals surface area contributed by atoms with Gasteiger partial charge >= 0.3 is 35.8 Å². The Labute approximate surface area is 164 Å². The number of rotatable bonds is 7. The van der Waals surface area contributed by atoms with Crippen molar-refractivity contribution < 1.29 is 57.4 Å². The minimum Gasteiger partial charge on any atom is -0.386 e. The van der Waals surface area contributed by atoms with E-state index in [1.165, 1.54) is 0 Å². The number of Topliss-reactive ketones (excluding diaryl/α,β-unsaturated/α-hetero) is 2. The standard InChI is InChI=1S/C18H6O12/c19-10(7-3-12(21)28-16(7)25)1-6(15(24)9-5-14(23)30-18(9)27)2-11(20)8-4-13(22)29-17(8)26/h1,3-5H,2H2/b6-1-. The van der Waals surface area contributed by atoms with E-state index in [0.717, 1.165) is 0 Å². The van der Waals surface area contributed by atoms with Gasteiger partial charge in [0.25, 0.3) is 0 Å². The molecule has 12 nitrogen and oxygen atoms in total. The lowest BCUT2D eigenvalue weighted by Gasteiger charge is -2.05. The summed E-state index contributed by atoms with van der Waals surface area (Å²) in [6.07, 6.45) is 1.11. The Bertz CT molecular complexity index is 1140. The number of cyclic esters (lactones) is 6. The molecule has 0 aromatic rings. The van der Waals surface area contributed by atoms with Gasteiger partial charge in [0.15, 0.2) is 17.3 Å². The topological polar surface area (TPSA) is 181 Å². The van der Waals surface area contributed by atoms with Crippen LogP contribution in [0.1, 0.15) is 6.42 Å². The molecule has 0 aliphatic carbocycles. The molecule has 30 heavy (non-hydrogen) atoms. The SMILES string of the molecule is O=C1C=C(C(=O)/C=C(/CC(=O)C2=CC(=O)OC2=O)C(=O)C2=CC(=O)OC2=O)C(=O)O1. The average molecular weight is 414 g/mol. The van der Waals surface area contributed by atoms with Crippen molar-refractivity contribution in [2.24, 2.45) is 0 Å². The van der Waals surface area contributed by atoms with Crippen LogP contribution in [0.5, 0.6) is 0 Å². The van der Waals surface area contributed by atoms with E-state index in [9.17, 15) is 43.2 Å². The lowest BCUT2D eigenvalue weighted by molar-refractivity contribution is -0.152. The van der Waals surface area contributed by atoms with E-state index in [2.05, 4.69) is 14.2 Å². The maximum Gasteiger partial charge on any atom is 0.350 e. The summed E-state index contributed by atoms with van der Waals surface area (Å²) in [6.45, 7) is 0. The summed E-state index contributed by atoms with van der Waals surface area (Å²) in [4.78, 5) is 105. The van der Waals surface area contributed by atoms with E-state index in [-0.39, 0.29) is 0 Å². The van der Waals surface area contributed by atoms with Crippen LogP contribution in [-0.4, -0.2) is 53.2 Å². The third-order valence-electron chi connectivity index (χ3n) is 3.78. The maximum absolute atomic E-state index is 12.6. The number of allylic oxidation sites excluding steroid dienone is 2. The first-order valence-electron chi connectivity index (χ1n) is 7.83. The van der Waals surface area contributed by atoms with Crippen molar-refractivity contribution in [3.05, 3.63) is 46.6 Å². The highest BCUT2D eigenvalue weighted by atomic mass is 16.6. The highest BCUT2D eigenvalue weighted by Gasteiger charge is 2.36. The molecule has 0 amide bonds. The Hall–Kier alpha value is -4.61. The molecule has 0 bridgehead atoms. The molecule has 12 heteroatoms. The predicted molar refractivity (Wildman–Crippen MR) is 85.3 cm³/mol. The predicted octanol–water partition coefficient (Wildman–Crippen LogP) is -1.96. The van der Waals surface area contributed by atoms with Crippen molar-refractivity contribution in [3.8, 4) is 0 Å². The van der Waals surface area contributed by atoms with Crippen LogP contribution in [0.25, 0.3) is 0 Å². The van der Waals surface area contributed by atoms with Gasteiger partial charge in [0.05, 0.1) is 0 Å². The average Bonchev–Trinajstić information content (AvgIpc) is 3.29. The fourth-order valence-electron chi connectivity index (χ4n) is 2.46. The highest BCUT2D eigenvalue weighted by molar-refractivity contribution is 6.35. The quantitative estimate of drug-likeness (QED) is 0.148. The molecular weight excluding hydrogens is 408 g/mol. The molecule has 0 atom stereocenters. The zero-order valence-corrected chi connectivity index (χ0v) is 14.4. The highest BCUT2D eigenvalue weighted by Crippen LogP contribution is 2.21. The van der Waals surface area contributed by atoms with Crippen LogP contribution >= 0.6 is 0 Å². The van der Waals surface area contributed by atoms with Crippen LogP contribution < -0.4 is 0 Å². The molecule has 0 aromatic heterocycles. The molecule has 0 saturated heterocycles. The Kier molecular flexibility index (Phi) is 4.98. The van der Waals surface area contributed by atoms with Gasteiger partial charge in [-0.1, -0.05) is 0 Å². The Morgan fingerprint density at radius 3 is 1.53 bits per heavy atom. The van der Waals surface area contributed by atoms with Gasteiger partial charge in [-0.05, 0) is 6.08 Å². The molecule has 3 aliphatic heterocycles. The Morgan fingerprint density at radius 2 is 1.10 bits per heavy atom. The van der Waals surface area contributed by atoms with E-state index < -0.39 is 81.9 Å². The summed E-state index contributed by atoms with van der Waals surface area (Å²) in [5.74, 6) is -11.0. The fraction of sp³-hybridized carbons (Fsp3) is 0.0556. The van der Waals surface area contributed by atoms with Crippen LogP contribution in [0, 0.1) is 0 Å². The van der Waals surface area contributed by atoms with E-state index >= 15 is 0 Å². The van der Waals surface area contributed by atoms with Crippen molar-refractivity contribution in [1.82, 2.24) is 0 Å². The molecule has 0 saturated carbocycles. The van der Waals surface area contributed by atoms with E-state index in [1.54, 1.807) is 0 Å². The summed E-state index contributed by atoms with van der Waals surface area (Å²) in [5.41, 5.74) is -3.03. The zero-order chi connectivity index (χ0) is 22.2. The Morgan fingerprint density at radius 1 is 0.667 bits per heavy atom. The number of hydrogen-bond donors (Lipinski definition) is 0. The van der Waals surface area contributed by atoms with Crippen LogP contribution in [-0.2, 0) is 57.4 Å². The first-order valence-corrected chi connectivity index (χ1v) is 7.83. The molecule has 0 radical (unpaired) electrons. The van der Waals surface area contributed by atoms with Crippen molar-refractivity contribution in [3.63, 3.8) is 0 Å². The van der Waals surface area contributed by atoms with Crippen molar-refractivity contribution >= 4 is 53.2 Å². The lowest BCUT2D eigenvalue weighted by atomic mass is 9.94. The summed E-state index contributed by atoms with van der Waals surface area (Å²) in [5, 5.41) is 0. The van der Waals surface area contributed by atoms with Gasteiger partial charge in [-0.2, -0.15) is 0 Å². The van der Waals surface area contributed by atoms with Gasteiger partial charge in [-0.25, -0.2) is 28.8 Å². The zero-order valence-electron chi connectivity index (χ0n) is 14.4. The van der Waals surface area contributed by atoms with E-state index in [0.29, 0.717) is 24.3 Å². The number of ether oxygens (including phenoxy) is 3. The van der Waals surface area contributed by atoms with E-state index in [4.69, 9.17) is 0 Å². The molecule has 0 unspecified atom stereocenters. The second-order valence-corrected chi connectivity index (χ2v) is 5.76. The van der Waals surface area contributed by atoms with Crippen molar-refractivity contribution in [2.45, 2.75) is 6.42 Å². The van der Waals surface area contributed by atoms with Gasteiger partial charge < -0.3 is 14.2 Å². The van der Waals surface area contributed by atoms with Gasteiger partial charge in [-0.3, -0.25) is 14.4 Å². The van der Waals surface area contributed by atoms with Crippen molar-refractivity contribution in [1.29, 1.82) is 0 Å². The van der Waals surface area contributed by atoms with Crippen LogP contribution in [0.4, 0.5) is 0 Å². The smallest absolute Gasteiger partial charge is 0.350 e. The Balaban J connectivity index is 1.96. The maximum atomic E-state index is 12.6. The molecular formula is C18H6O12. The summed E-state index contributed by atoms with van der Waals surface area (Å²) in [6, 6.07) is 0. The second kappa shape index (κ2) is 7.43. The molecule has 0 fully saturated rings. The van der Waals surface area contributed by atoms with Crippen LogP contribution in [0.2, 0.25) is 0 Å². The number of ketones is 3. The molecule has 0 spiro atoms. The molecule has 3 heterocycles. The normalized spacial score (nSPS) is 18.5. The number of hydrogen-bond acceptors (Lipinski definition) is 12. The van der Waals surface area contributed by atoms with E-state index in [1.807, 2.05) is 0 Å². The minimum atomic E-state index is -1.35. The monoisotopic (exact) mass is 414 g/mol. The molecule has 3 rings (SSSR count). The molecule has 0 aromatic carbocycles. The largest absolute Gasteiger partial charge is 0.386 e. The number of esters is 6. The first-order chi connectivity index (χ1) is 14.1. The van der Waals surface area contributed by atoms with Gasteiger partial charge in [-0.15, -0.1) is 0 Å². The lowest BCUT2D eigenvalue weighted by Crippen LogP contribution is -2.19. The molecule has 3 aliphatic rings. The summed E-state index contributed by atoms with van der Waals surface area (Å²) < 4.78 is 12.5.